The van der Waals surface area contributed by atoms with Gasteiger partial charge in [0.15, 0.2) is 0 Å². The number of aliphatic carboxylic acids is 1. The Morgan fingerprint density at radius 3 is 2.48 bits per heavy atom. The van der Waals surface area contributed by atoms with Crippen molar-refractivity contribution in [1.82, 2.24) is 4.57 Å². The maximum atomic E-state index is 11.9. The average molecular weight is 286 g/mol. The monoisotopic (exact) mass is 286 g/mol. The molecule has 1 aromatic heterocycles. The molecule has 21 heavy (non-hydrogen) atoms. The predicted molar refractivity (Wildman–Crippen MR) is 77.1 cm³/mol. The molecule has 0 saturated carbocycles. The van der Waals surface area contributed by atoms with Crippen LogP contribution in [0.15, 0.2) is 53.5 Å². The first-order valence-electron chi connectivity index (χ1n) is 6.30. The second-order valence-corrected chi connectivity index (χ2v) is 4.49. The molecule has 0 atom stereocenters. The Balaban J connectivity index is 2.07. The number of nitrogens with zero attached hydrogens (tertiary/aromatic N) is 1. The highest BCUT2D eigenvalue weighted by Crippen LogP contribution is 2.06. The van der Waals surface area contributed by atoms with Gasteiger partial charge in [0, 0.05) is 18.0 Å². The van der Waals surface area contributed by atoms with Crippen molar-refractivity contribution < 1.29 is 14.7 Å². The lowest BCUT2D eigenvalue weighted by molar-refractivity contribution is -0.137. The van der Waals surface area contributed by atoms with Crippen LogP contribution in [0.3, 0.4) is 0 Å². The first kappa shape index (κ1) is 14.5. The largest absolute Gasteiger partial charge is 0.480 e. The van der Waals surface area contributed by atoms with Crippen molar-refractivity contribution in [1.29, 1.82) is 0 Å². The molecule has 2 N–H and O–H groups in total. The predicted octanol–water partition coefficient (Wildman–Crippen LogP) is 1.11. The van der Waals surface area contributed by atoms with E-state index in [-0.39, 0.29) is 12.3 Å². The fourth-order valence-corrected chi connectivity index (χ4v) is 1.87. The molecule has 0 spiro atoms. The Hall–Kier alpha value is -2.89. The lowest BCUT2D eigenvalue weighted by atomic mass is 10.2. The fourth-order valence-electron chi connectivity index (χ4n) is 1.87. The third kappa shape index (κ3) is 4.31. The summed E-state index contributed by atoms with van der Waals surface area (Å²) in [6.45, 7) is -0.424. The van der Waals surface area contributed by atoms with Crippen LogP contribution in [0.2, 0.25) is 0 Å². The molecule has 6 heteroatoms. The van der Waals surface area contributed by atoms with Crippen LogP contribution in [0.5, 0.6) is 0 Å². The summed E-state index contributed by atoms with van der Waals surface area (Å²) in [6.07, 6.45) is 1.45. The minimum atomic E-state index is -1.11. The van der Waals surface area contributed by atoms with E-state index >= 15 is 0 Å². The van der Waals surface area contributed by atoms with Crippen LogP contribution in [-0.2, 0) is 22.6 Å². The average Bonchev–Trinajstić information content (AvgIpc) is 2.43. The molecule has 0 aliphatic heterocycles. The molecule has 0 unspecified atom stereocenters. The second kappa shape index (κ2) is 6.51. The standard InChI is InChI=1S/C15H14N2O4/c18-13(16-12-4-2-1-3-5-12)8-11-6-7-14(19)17(9-11)10-15(20)21/h1-7,9H,8,10H2,(H,16,18)(H,20,21). The highest BCUT2D eigenvalue weighted by molar-refractivity contribution is 5.92. The quantitative estimate of drug-likeness (QED) is 0.862. The van der Waals surface area contributed by atoms with Gasteiger partial charge in [-0.15, -0.1) is 0 Å². The first-order valence-corrected chi connectivity index (χ1v) is 6.30. The van der Waals surface area contributed by atoms with Gasteiger partial charge < -0.3 is 15.0 Å². The smallest absolute Gasteiger partial charge is 0.323 e. The van der Waals surface area contributed by atoms with Gasteiger partial charge >= 0.3 is 5.97 Å². The number of carbonyl (C=O) groups is 2. The van der Waals surface area contributed by atoms with E-state index in [0.717, 1.165) is 4.57 Å². The van der Waals surface area contributed by atoms with Crippen molar-refractivity contribution in [2.24, 2.45) is 0 Å². The fraction of sp³-hybridized carbons (Fsp3) is 0.133. The number of carboxylic acids is 1. The molecule has 0 fully saturated rings. The number of hydrogen-bond donors (Lipinski definition) is 2. The number of amides is 1. The molecule has 2 aromatic rings. The van der Waals surface area contributed by atoms with E-state index in [9.17, 15) is 14.4 Å². The normalized spacial score (nSPS) is 10.1. The number of aromatic nitrogens is 1. The topological polar surface area (TPSA) is 88.4 Å². The zero-order chi connectivity index (χ0) is 15.2. The van der Waals surface area contributed by atoms with Crippen LogP contribution >= 0.6 is 0 Å². The molecule has 1 heterocycles. The molecule has 0 saturated heterocycles. The summed E-state index contributed by atoms with van der Waals surface area (Å²) in [5, 5.41) is 11.4. The van der Waals surface area contributed by atoms with Gasteiger partial charge in [-0.3, -0.25) is 14.4 Å². The zero-order valence-corrected chi connectivity index (χ0v) is 11.2. The molecule has 1 aromatic carbocycles. The number of pyridine rings is 1. The van der Waals surface area contributed by atoms with Crippen LogP contribution in [0.1, 0.15) is 5.56 Å². The molecule has 0 radical (unpaired) electrons. The van der Waals surface area contributed by atoms with E-state index in [4.69, 9.17) is 5.11 Å². The third-order valence-electron chi connectivity index (χ3n) is 2.77. The Bertz CT molecular complexity index is 707. The van der Waals surface area contributed by atoms with Gasteiger partial charge in [0.25, 0.3) is 5.56 Å². The van der Waals surface area contributed by atoms with E-state index in [2.05, 4.69) is 5.32 Å². The summed E-state index contributed by atoms with van der Waals surface area (Å²) in [5.74, 6) is -1.34. The molecule has 108 valence electrons. The number of rotatable bonds is 5. The Labute approximate surface area is 120 Å². The number of hydrogen-bond acceptors (Lipinski definition) is 3. The Morgan fingerprint density at radius 2 is 1.81 bits per heavy atom. The summed E-state index contributed by atoms with van der Waals surface area (Å²) in [5.41, 5.74) is 0.843. The van der Waals surface area contributed by atoms with E-state index in [0.29, 0.717) is 11.3 Å². The molecule has 0 aliphatic carbocycles. The molecule has 2 rings (SSSR count). The lowest BCUT2D eigenvalue weighted by Gasteiger charge is -2.07. The van der Waals surface area contributed by atoms with Gasteiger partial charge in [-0.25, -0.2) is 0 Å². The van der Waals surface area contributed by atoms with Crippen molar-refractivity contribution in [2.75, 3.05) is 5.32 Å². The first-order chi connectivity index (χ1) is 10.0. The molecule has 0 aliphatic rings. The Morgan fingerprint density at radius 1 is 1.10 bits per heavy atom. The number of carbonyl (C=O) groups excluding carboxylic acids is 1. The number of anilines is 1. The van der Waals surface area contributed by atoms with Gasteiger partial charge in [-0.1, -0.05) is 24.3 Å². The number of nitrogens with one attached hydrogen (secondary N) is 1. The number of benzene rings is 1. The van der Waals surface area contributed by atoms with Crippen LogP contribution in [0, 0.1) is 0 Å². The highest BCUT2D eigenvalue weighted by Gasteiger charge is 2.07. The van der Waals surface area contributed by atoms with E-state index in [1.54, 1.807) is 12.1 Å². The zero-order valence-electron chi connectivity index (χ0n) is 11.2. The second-order valence-electron chi connectivity index (χ2n) is 4.49. The van der Waals surface area contributed by atoms with Crippen molar-refractivity contribution in [3.05, 3.63) is 64.6 Å². The van der Waals surface area contributed by atoms with Crippen molar-refractivity contribution in [3.63, 3.8) is 0 Å². The van der Waals surface area contributed by atoms with Crippen molar-refractivity contribution >= 4 is 17.6 Å². The lowest BCUT2D eigenvalue weighted by Crippen LogP contribution is -2.24. The highest BCUT2D eigenvalue weighted by atomic mass is 16.4. The molecule has 6 nitrogen and oxygen atoms in total. The minimum absolute atomic E-state index is 0.0643. The van der Waals surface area contributed by atoms with Gasteiger partial charge in [0.1, 0.15) is 6.54 Å². The SMILES string of the molecule is O=C(O)Cn1cc(CC(=O)Nc2ccccc2)ccc1=O. The van der Waals surface area contributed by atoms with E-state index < -0.39 is 18.1 Å². The number of para-hydroxylation sites is 1. The van der Waals surface area contributed by atoms with E-state index in [1.165, 1.54) is 18.3 Å². The van der Waals surface area contributed by atoms with Gasteiger partial charge in [0.2, 0.25) is 5.91 Å². The van der Waals surface area contributed by atoms with Gasteiger partial charge in [-0.2, -0.15) is 0 Å². The van der Waals surface area contributed by atoms with E-state index in [1.807, 2.05) is 18.2 Å². The van der Waals surface area contributed by atoms with Gasteiger partial charge in [-0.05, 0) is 17.7 Å². The van der Waals surface area contributed by atoms with Crippen LogP contribution < -0.4 is 10.9 Å². The molecule has 1 amide bonds. The summed E-state index contributed by atoms with van der Waals surface area (Å²) in [7, 11) is 0. The van der Waals surface area contributed by atoms with Crippen LogP contribution in [-0.4, -0.2) is 21.6 Å². The molecule has 0 bridgehead atoms. The van der Waals surface area contributed by atoms with Crippen LogP contribution in [0.4, 0.5) is 5.69 Å². The van der Waals surface area contributed by atoms with Crippen molar-refractivity contribution in [3.8, 4) is 0 Å². The third-order valence-corrected chi connectivity index (χ3v) is 2.77. The summed E-state index contributed by atoms with van der Waals surface area (Å²) < 4.78 is 1.06. The maximum Gasteiger partial charge on any atom is 0.323 e. The Kier molecular flexibility index (Phi) is 4.50. The van der Waals surface area contributed by atoms with Crippen LogP contribution in [0.25, 0.3) is 0 Å². The molecular weight excluding hydrogens is 272 g/mol. The number of carboxylic acid groups (broad SMARTS) is 1. The summed E-state index contributed by atoms with van der Waals surface area (Å²) in [6, 6.07) is 11.8. The maximum absolute atomic E-state index is 11.9. The summed E-state index contributed by atoms with van der Waals surface area (Å²) >= 11 is 0. The van der Waals surface area contributed by atoms with Crippen molar-refractivity contribution in [2.45, 2.75) is 13.0 Å². The summed E-state index contributed by atoms with van der Waals surface area (Å²) in [4.78, 5) is 34.0. The molecular formula is C15H14N2O4. The van der Waals surface area contributed by atoms with Gasteiger partial charge in [0.05, 0.1) is 6.42 Å². The minimum Gasteiger partial charge on any atom is -0.480 e.